The van der Waals surface area contributed by atoms with Crippen LogP contribution in [0.3, 0.4) is 0 Å². The molecule has 0 aromatic heterocycles. The number of fused-ring (bicyclic) bond motifs is 1. The van der Waals surface area contributed by atoms with Gasteiger partial charge in [-0.2, -0.15) is 0 Å². The molecule has 1 aromatic rings. The third kappa shape index (κ3) is 4.20. The summed E-state index contributed by atoms with van der Waals surface area (Å²) in [6, 6.07) is 6.70. The molecule has 1 amide bonds. The van der Waals surface area contributed by atoms with Crippen molar-refractivity contribution >= 4 is 17.5 Å². The van der Waals surface area contributed by atoms with E-state index in [9.17, 15) is 4.79 Å². The summed E-state index contributed by atoms with van der Waals surface area (Å²) in [5, 5.41) is 10.4. The molecule has 1 fully saturated rings. The summed E-state index contributed by atoms with van der Waals surface area (Å²) < 4.78 is 5.37. The predicted molar refractivity (Wildman–Crippen MR) is 102 cm³/mol. The van der Waals surface area contributed by atoms with Crippen LogP contribution in [0, 0.1) is 12.8 Å². The topological polar surface area (TPSA) is 62.4 Å². The summed E-state index contributed by atoms with van der Waals surface area (Å²) >= 11 is 0. The van der Waals surface area contributed by atoms with Crippen molar-refractivity contribution in [2.45, 2.75) is 77.6 Å². The lowest BCUT2D eigenvalue weighted by molar-refractivity contribution is 0.0484. The van der Waals surface area contributed by atoms with Gasteiger partial charge in [0, 0.05) is 12.0 Å². The Hall–Kier alpha value is -1.91. The molecule has 5 nitrogen and oxygen atoms in total. The Balaban J connectivity index is 1.54. The molecule has 1 atom stereocenters. The molecule has 2 aliphatic rings. The maximum absolute atomic E-state index is 12.0. The van der Waals surface area contributed by atoms with Crippen LogP contribution in [-0.2, 0) is 4.74 Å². The third-order valence-electron chi connectivity index (χ3n) is 5.23. The van der Waals surface area contributed by atoms with E-state index in [0.29, 0.717) is 5.92 Å². The first-order valence-corrected chi connectivity index (χ1v) is 9.31. The average molecular weight is 345 g/mol. The zero-order valence-electron chi connectivity index (χ0n) is 16.0. The van der Waals surface area contributed by atoms with Gasteiger partial charge >= 0.3 is 6.09 Å². The fraction of sp³-hybridized carbons (Fsp3) is 0.650. The van der Waals surface area contributed by atoms with E-state index in [1.165, 1.54) is 16.9 Å². The van der Waals surface area contributed by atoms with E-state index >= 15 is 0 Å². The fourth-order valence-corrected chi connectivity index (χ4v) is 3.95. The van der Waals surface area contributed by atoms with Gasteiger partial charge in [0.2, 0.25) is 0 Å². The second-order valence-corrected chi connectivity index (χ2v) is 8.70. The van der Waals surface area contributed by atoms with Crippen LogP contribution in [0.1, 0.15) is 58.9 Å². The van der Waals surface area contributed by atoms with Crippen molar-refractivity contribution in [3.63, 3.8) is 0 Å². The molecule has 1 aromatic carbocycles. The van der Waals surface area contributed by atoms with Gasteiger partial charge in [-0.25, -0.2) is 4.79 Å². The lowest BCUT2D eigenvalue weighted by Gasteiger charge is -2.40. The second-order valence-electron chi connectivity index (χ2n) is 8.70. The number of alkyl carbamates (subject to hydrolysis) is 1. The molecule has 3 N–H and O–H groups in total. The van der Waals surface area contributed by atoms with Crippen LogP contribution < -0.4 is 16.0 Å². The average Bonchev–Trinajstić information content (AvgIpc) is 2.82. The minimum atomic E-state index is -0.448. The summed E-state index contributed by atoms with van der Waals surface area (Å²) in [6.45, 7) is 10.0. The molecule has 0 saturated heterocycles. The zero-order chi connectivity index (χ0) is 18.2. The summed E-state index contributed by atoms with van der Waals surface area (Å²) in [4.78, 5) is 12.0. The molecule has 1 aliphatic carbocycles. The van der Waals surface area contributed by atoms with Crippen molar-refractivity contribution in [3.8, 4) is 0 Å². The van der Waals surface area contributed by atoms with Crippen LogP contribution in [0.4, 0.5) is 16.2 Å². The molecule has 5 heteroatoms. The molecule has 25 heavy (non-hydrogen) atoms. The highest BCUT2D eigenvalue weighted by Gasteiger charge is 2.41. The number of amides is 1. The number of rotatable bonds is 2. The molecule has 1 saturated carbocycles. The number of nitrogens with one attached hydrogen (secondary N) is 3. The van der Waals surface area contributed by atoms with E-state index in [1.807, 2.05) is 20.8 Å². The number of carbonyl (C=O) groups is 1. The predicted octanol–water partition coefficient (Wildman–Crippen LogP) is 4.63. The molecule has 1 heterocycles. The quantitative estimate of drug-likeness (QED) is 0.731. The molecule has 1 aliphatic heterocycles. The lowest BCUT2D eigenvalue weighted by atomic mass is 9.79. The van der Waals surface area contributed by atoms with Gasteiger partial charge in [-0.05, 0) is 78.0 Å². The first kappa shape index (κ1) is 17.9. The molecular weight excluding hydrogens is 314 g/mol. The van der Waals surface area contributed by atoms with Gasteiger partial charge in [-0.1, -0.05) is 6.07 Å². The standard InChI is InChI=1S/C20H31N3O2/c1-13-6-11-16-17(12-13)23-20(5,22-16)14-7-9-15(10-8-14)21-18(24)25-19(2,3)4/h6,11-12,14-15,22-23H,7-10H2,1-5H3,(H,21,24). The fourth-order valence-electron chi connectivity index (χ4n) is 3.95. The Morgan fingerprint density at radius 2 is 1.80 bits per heavy atom. The molecule has 0 radical (unpaired) electrons. The Bertz CT molecular complexity index is 645. The minimum Gasteiger partial charge on any atom is -0.444 e. The van der Waals surface area contributed by atoms with Crippen molar-refractivity contribution in [3.05, 3.63) is 23.8 Å². The minimum absolute atomic E-state index is 0.118. The number of aryl methyl sites for hydroxylation is 1. The van der Waals surface area contributed by atoms with Gasteiger partial charge in [0.1, 0.15) is 11.3 Å². The van der Waals surface area contributed by atoms with E-state index in [0.717, 1.165) is 25.7 Å². The van der Waals surface area contributed by atoms with Crippen molar-refractivity contribution in [2.75, 3.05) is 10.6 Å². The maximum atomic E-state index is 12.0. The molecule has 1 unspecified atom stereocenters. The number of anilines is 2. The van der Waals surface area contributed by atoms with Crippen LogP contribution in [-0.4, -0.2) is 23.4 Å². The maximum Gasteiger partial charge on any atom is 0.407 e. The molecule has 0 bridgehead atoms. The van der Waals surface area contributed by atoms with Gasteiger partial charge in [0.25, 0.3) is 0 Å². The van der Waals surface area contributed by atoms with Crippen LogP contribution in [0.15, 0.2) is 18.2 Å². The van der Waals surface area contributed by atoms with Crippen molar-refractivity contribution in [2.24, 2.45) is 5.92 Å². The molecule has 0 spiro atoms. The molecule has 138 valence electrons. The smallest absolute Gasteiger partial charge is 0.407 e. The van der Waals surface area contributed by atoms with Crippen LogP contribution in [0.5, 0.6) is 0 Å². The normalized spacial score (nSPS) is 28.5. The summed E-state index contributed by atoms with van der Waals surface area (Å²) in [7, 11) is 0. The highest BCUT2D eigenvalue weighted by atomic mass is 16.6. The first-order valence-electron chi connectivity index (χ1n) is 9.31. The number of carbonyl (C=O) groups excluding carboxylic acids is 1. The largest absolute Gasteiger partial charge is 0.444 e. The van der Waals surface area contributed by atoms with Gasteiger partial charge < -0.3 is 20.7 Å². The molecular formula is C20H31N3O2. The van der Waals surface area contributed by atoms with Crippen LogP contribution in [0.2, 0.25) is 0 Å². The van der Waals surface area contributed by atoms with Crippen LogP contribution in [0.25, 0.3) is 0 Å². The Morgan fingerprint density at radius 3 is 2.44 bits per heavy atom. The van der Waals surface area contributed by atoms with Gasteiger partial charge in [-0.15, -0.1) is 0 Å². The SMILES string of the molecule is Cc1ccc2c(c1)NC(C)(C1CCC(NC(=O)OC(C)(C)C)CC1)N2. The third-order valence-corrected chi connectivity index (χ3v) is 5.23. The van der Waals surface area contributed by atoms with Gasteiger partial charge in [0.05, 0.1) is 11.4 Å². The van der Waals surface area contributed by atoms with E-state index in [2.05, 4.69) is 48.0 Å². The number of hydrogen-bond acceptors (Lipinski definition) is 4. The summed E-state index contributed by atoms with van der Waals surface area (Å²) in [5.74, 6) is 0.525. The van der Waals surface area contributed by atoms with E-state index in [4.69, 9.17) is 4.74 Å². The Labute approximate surface area is 150 Å². The van der Waals surface area contributed by atoms with Crippen molar-refractivity contribution in [1.29, 1.82) is 0 Å². The van der Waals surface area contributed by atoms with Gasteiger partial charge in [0.15, 0.2) is 0 Å². The summed E-state index contributed by atoms with van der Waals surface area (Å²) in [5.41, 5.74) is 3.07. The number of benzene rings is 1. The van der Waals surface area contributed by atoms with Crippen molar-refractivity contribution in [1.82, 2.24) is 5.32 Å². The second kappa shape index (κ2) is 6.43. The Kier molecular flexibility index (Phi) is 4.60. The monoisotopic (exact) mass is 345 g/mol. The van der Waals surface area contributed by atoms with E-state index < -0.39 is 5.60 Å². The first-order chi connectivity index (χ1) is 11.6. The lowest BCUT2D eigenvalue weighted by Crippen LogP contribution is -2.49. The van der Waals surface area contributed by atoms with Gasteiger partial charge in [-0.3, -0.25) is 0 Å². The van der Waals surface area contributed by atoms with Crippen molar-refractivity contribution < 1.29 is 9.53 Å². The van der Waals surface area contributed by atoms with E-state index in [1.54, 1.807) is 0 Å². The van der Waals surface area contributed by atoms with E-state index in [-0.39, 0.29) is 17.8 Å². The van der Waals surface area contributed by atoms with Crippen LogP contribution >= 0.6 is 0 Å². The highest BCUT2D eigenvalue weighted by molar-refractivity contribution is 5.76. The zero-order valence-corrected chi connectivity index (χ0v) is 16.0. The highest BCUT2D eigenvalue weighted by Crippen LogP contribution is 2.42. The summed E-state index contributed by atoms with van der Waals surface area (Å²) in [6.07, 6.45) is 3.81. The number of hydrogen-bond donors (Lipinski definition) is 3. The molecule has 3 rings (SSSR count). The Morgan fingerprint density at radius 1 is 1.16 bits per heavy atom. The number of ether oxygens (including phenoxy) is 1.